The Morgan fingerprint density at radius 1 is 1.19 bits per heavy atom. The summed E-state index contributed by atoms with van der Waals surface area (Å²) < 4.78 is 45.3. The van der Waals surface area contributed by atoms with Gasteiger partial charge in [0, 0.05) is 50.9 Å². The van der Waals surface area contributed by atoms with E-state index in [9.17, 15) is 18.0 Å². The molecule has 3 rings (SSSR count). The van der Waals surface area contributed by atoms with Crippen molar-refractivity contribution in [1.29, 1.82) is 0 Å². The molecule has 2 aromatic rings. The van der Waals surface area contributed by atoms with E-state index in [1.54, 1.807) is 11.6 Å². The maximum atomic E-state index is 12.6. The Labute approximate surface area is 149 Å². The van der Waals surface area contributed by atoms with Crippen molar-refractivity contribution in [1.82, 2.24) is 9.55 Å². The van der Waals surface area contributed by atoms with Crippen molar-refractivity contribution in [2.75, 3.05) is 18.0 Å². The van der Waals surface area contributed by atoms with E-state index >= 15 is 0 Å². The quantitative estimate of drug-likeness (QED) is 0.836. The minimum Gasteiger partial charge on any atom is -0.490 e. The van der Waals surface area contributed by atoms with Crippen molar-refractivity contribution in [3.05, 3.63) is 52.1 Å². The molecule has 0 bridgehead atoms. The standard InChI is InChI=1S/C18H20F3N3O2/c1-12-9-15(10-17(25)23(12)2)26-14-5-7-24(8-6-14)16-4-3-13(11-22-16)18(19,20)21/h3-4,9-11,14H,5-8H2,1-2H3. The van der Waals surface area contributed by atoms with Crippen LogP contribution in [0.4, 0.5) is 19.0 Å². The first-order valence-corrected chi connectivity index (χ1v) is 8.36. The van der Waals surface area contributed by atoms with Gasteiger partial charge in [0.15, 0.2) is 0 Å². The first kappa shape index (κ1) is 18.3. The molecule has 140 valence electrons. The van der Waals surface area contributed by atoms with Gasteiger partial charge in [-0.2, -0.15) is 13.2 Å². The molecule has 8 heteroatoms. The summed E-state index contributed by atoms with van der Waals surface area (Å²) >= 11 is 0. The second kappa shape index (κ2) is 7.01. The van der Waals surface area contributed by atoms with Crippen LogP contribution < -0.4 is 15.2 Å². The number of nitrogens with zero attached hydrogens (tertiary/aromatic N) is 3. The van der Waals surface area contributed by atoms with E-state index < -0.39 is 11.7 Å². The molecule has 2 aromatic heterocycles. The average Bonchev–Trinajstić information content (AvgIpc) is 2.60. The molecule has 0 radical (unpaired) electrons. The van der Waals surface area contributed by atoms with Crippen LogP contribution in [-0.4, -0.2) is 28.7 Å². The summed E-state index contributed by atoms with van der Waals surface area (Å²) in [6.45, 7) is 3.10. The van der Waals surface area contributed by atoms with E-state index in [0.29, 0.717) is 37.5 Å². The third-order valence-electron chi connectivity index (χ3n) is 4.62. The van der Waals surface area contributed by atoms with Crippen LogP contribution in [0.5, 0.6) is 5.75 Å². The van der Waals surface area contributed by atoms with Gasteiger partial charge < -0.3 is 14.2 Å². The maximum Gasteiger partial charge on any atom is 0.417 e. The van der Waals surface area contributed by atoms with E-state index in [1.165, 1.54) is 12.1 Å². The molecule has 0 aromatic carbocycles. The molecule has 0 spiro atoms. The van der Waals surface area contributed by atoms with Gasteiger partial charge in [0.05, 0.1) is 5.56 Å². The Morgan fingerprint density at radius 3 is 2.42 bits per heavy atom. The number of anilines is 1. The summed E-state index contributed by atoms with van der Waals surface area (Å²) in [5.74, 6) is 1.08. The fourth-order valence-corrected chi connectivity index (χ4v) is 2.94. The van der Waals surface area contributed by atoms with E-state index in [-0.39, 0.29) is 11.7 Å². The van der Waals surface area contributed by atoms with Gasteiger partial charge in [0.25, 0.3) is 5.56 Å². The Balaban J connectivity index is 1.60. The highest BCUT2D eigenvalue weighted by molar-refractivity contribution is 5.40. The van der Waals surface area contributed by atoms with Crippen LogP contribution in [0.2, 0.25) is 0 Å². The molecule has 26 heavy (non-hydrogen) atoms. The zero-order valence-electron chi connectivity index (χ0n) is 14.6. The SMILES string of the molecule is Cc1cc(OC2CCN(c3ccc(C(F)(F)F)cn3)CC2)cc(=O)n1C. The summed E-state index contributed by atoms with van der Waals surface area (Å²) in [7, 11) is 1.71. The second-order valence-electron chi connectivity index (χ2n) is 6.44. The smallest absolute Gasteiger partial charge is 0.417 e. The lowest BCUT2D eigenvalue weighted by molar-refractivity contribution is -0.137. The lowest BCUT2D eigenvalue weighted by Crippen LogP contribution is -2.38. The van der Waals surface area contributed by atoms with Crippen molar-refractivity contribution < 1.29 is 17.9 Å². The molecule has 1 saturated heterocycles. The summed E-state index contributed by atoms with van der Waals surface area (Å²) in [5, 5.41) is 0. The van der Waals surface area contributed by atoms with Crippen LogP contribution >= 0.6 is 0 Å². The normalized spacial score (nSPS) is 16.0. The Bertz CT molecular complexity index is 823. The number of halogens is 3. The fourth-order valence-electron chi connectivity index (χ4n) is 2.94. The van der Waals surface area contributed by atoms with Gasteiger partial charge in [-0.1, -0.05) is 0 Å². The Kier molecular flexibility index (Phi) is 4.93. The van der Waals surface area contributed by atoms with Gasteiger partial charge in [-0.3, -0.25) is 4.79 Å². The maximum absolute atomic E-state index is 12.6. The molecule has 0 saturated carbocycles. The van der Waals surface area contributed by atoms with Crippen molar-refractivity contribution in [2.24, 2.45) is 7.05 Å². The third kappa shape index (κ3) is 4.00. The first-order chi connectivity index (χ1) is 12.2. The van der Waals surface area contributed by atoms with E-state index in [1.807, 2.05) is 17.9 Å². The number of ether oxygens (including phenoxy) is 1. The van der Waals surface area contributed by atoms with Crippen LogP contribution in [-0.2, 0) is 13.2 Å². The lowest BCUT2D eigenvalue weighted by Gasteiger charge is -2.33. The molecule has 5 nitrogen and oxygen atoms in total. The summed E-state index contributed by atoms with van der Waals surface area (Å²) in [6.07, 6.45) is -2.14. The van der Waals surface area contributed by atoms with Crippen molar-refractivity contribution in [2.45, 2.75) is 32.0 Å². The van der Waals surface area contributed by atoms with Gasteiger partial charge >= 0.3 is 6.18 Å². The molecule has 1 aliphatic heterocycles. The lowest BCUT2D eigenvalue weighted by atomic mass is 10.1. The monoisotopic (exact) mass is 367 g/mol. The highest BCUT2D eigenvalue weighted by Gasteiger charge is 2.31. The minimum atomic E-state index is -4.38. The molecule has 1 aliphatic rings. The second-order valence-corrected chi connectivity index (χ2v) is 6.44. The third-order valence-corrected chi connectivity index (χ3v) is 4.62. The van der Waals surface area contributed by atoms with Crippen LogP contribution in [0.3, 0.4) is 0 Å². The molecular weight excluding hydrogens is 347 g/mol. The van der Waals surface area contributed by atoms with Crippen LogP contribution in [0.15, 0.2) is 35.3 Å². The zero-order valence-corrected chi connectivity index (χ0v) is 14.6. The minimum absolute atomic E-state index is 0.0350. The molecule has 0 unspecified atom stereocenters. The van der Waals surface area contributed by atoms with E-state index in [4.69, 9.17) is 4.74 Å². The highest BCUT2D eigenvalue weighted by Crippen LogP contribution is 2.30. The van der Waals surface area contributed by atoms with Crippen LogP contribution in [0, 0.1) is 6.92 Å². The molecule has 0 aliphatic carbocycles. The van der Waals surface area contributed by atoms with Gasteiger partial charge in [-0.15, -0.1) is 0 Å². The van der Waals surface area contributed by atoms with Crippen molar-refractivity contribution >= 4 is 5.82 Å². The number of piperidine rings is 1. The number of pyridine rings is 2. The predicted octanol–water partition coefficient (Wildman–Crippen LogP) is 3.16. The molecule has 3 heterocycles. The summed E-state index contributed by atoms with van der Waals surface area (Å²) in [5.41, 5.74) is -0.0502. The number of hydrogen-bond donors (Lipinski definition) is 0. The molecule has 0 N–H and O–H groups in total. The van der Waals surface area contributed by atoms with Crippen molar-refractivity contribution in [3.8, 4) is 5.75 Å². The number of aromatic nitrogens is 2. The van der Waals surface area contributed by atoms with Gasteiger partial charge in [-0.05, 0) is 25.1 Å². The first-order valence-electron chi connectivity index (χ1n) is 8.36. The van der Waals surface area contributed by atoms with Crippen molar-refractivity contribution in [3.63, 3.8) is 0 Å². The Morgan fingerprint density at radius 2 is 1.88 bits per heavy atom. The molecule has 0 amide bonds. The number of rotatable bonds is 3. The average molecular weight is 367 g/mol. The van der Waals surface area contributed by atoms with Gasteiger partial charge in [0.2, 0.25) is 0 Å². The molecular formula is C18H20F3N3O2. The number of aryl methyl sites for hydroxylation is 1. The van der Waals surface area contributed by atoms with Gasteiger partial charge in [-0.25, -0.2) is 4.98 Å². The van der Waals surface area contributed by atoms with Crippen LogP contribution in [0.25, 0.3) is 0 Å². The highest BCUT2D eigenvalue weighted by atomic mass is 19.4. The Hall–Kier alpha value is -2.51. The summed E-state index contributed by atoms with van der Waals surface area (Å²) in [4.78, 5) is 17.7. The van der Waals surface area contributed by atoms with E-state index in [0.717, 1.165) is 18.0 Å². The van der Waals surface area contributed by atoms with Gasteiger partial charge in [0.1, 0.15) is 17.7 Å². The summed E-state index contributed by atoms with van der Waals surface area (Å²) in [6, 6.07) is 5.74. The van der Waals surface area contributed by atoms with E-state index in [2.05, 4.69) is 4.98 Å². The zero-order chi connectivity index (χ0) is 18.9. The predicted molar refractivity (Wildman–Crippen MR) is 91.5 cm³/mol. The largest absolute Gasteiger partial charge is 0.490 e. The topological polar surface area (TPSA) is 47.4 Å². The molecule has 1 fully saturated rings. The fraction of sp³-hybridized carbons (Fsp3) is 0.444. The van der Waals surface area contributed by atoms with Crippen LogP contribution in [0.1, 0.15) is 24.1 Å². The molecule has 0 atom stereocenters. The number of alkyl halides is 3. The number of hydrogen-bond acceptors (Lipinski definition) is 4.